The molecule has 0 fully saturated rings. The third kappa shape index (κ3) is 5.46. The molecular weight excluding hydrogens is 342 g/mol. The molecule has 0 aliphatic rings. The summed E-state index contributed by atoms with van der Waals surface area (Å²) in [6.07, 6.45) is 1.42. The van der Waals surface area contributed by atoms with Crippen LogP contribution in [0.4, 0.5) is 0 Å². The number of furan rings is 1. The Morgan fingerprint density at radius 1 is 1.08 bits per heavy atom. The zero-order chi connectivity index (χ0) is 18.2. The van der Waals surface area contributed by atoms with E-state index in [0.29, 0.717) is 4.88 Å². The van der Waals surface area contributed by atoms with Crippen LogP contribution < -0.4 is 16.0 Å². The average molecular weight is 363 g/mol. The smallest absolute Gasteiger partial charge is 0.287 e. The molecule has 0 bridgehead atoms. The van der Waals surface area contributed by atoms with Gasteiger partial charge in [0.15, 0.2) is 5.76 Å². The van der Waals surface area contributed by atoms with Gasteiger partial charge in [0.25, 0.3) is 11.8 Å². The van der Waals surface area contributed by atoms with Gasteiger partial charge in [0.05, 0.1) is 11.1 Å². The van der Waals surface area contributed by atoms with Crippen molar-refractivity contribution < 1.29 is 18.8 Å². The van der Waals surface area contributed by atoms with Crippen LogP contribution in [-0.2, 0) is 4.79 Å². The van der Waals surface area contributed by atoms with E-state index in [1.807, 2.05) is 13.8 Å². The fourth-order valence-electron chi connectivity index (χ4n) is 2.12. The van der Waals surface area contributed by atoms with Gasteiger partial charge in [-0.1, -0.05) is 19.9 Å². The number of hydrogen-bond donors (Lipinski definition) is 3. The zero-order valence-corrected chi connectivity index (χ0v) is 14.9. The molecule has 134 valence electrons. The van der Waals surface area contributed by atoms with E-state index in [-0.39, 0.29) is 42.5 Å². The molecule has 1 unspecified atom stereocenters. The van der Waals surface area contributed by atoms with Crippen molar-refractivity contribution in [3.63, 3.8) is 0 Å². The second-order valence-corrected chi connectivity index (χ2v) is 6.64. The Labute approximate surface area is 149 Å². The third-order valence-corrected chi connectivity index (χ3v) is 4.30. The summed E-state index contributed by atoms with van der Waals surface area (Å²) in [7, 11) is 0. The summed E-state index contributed by atoms with van der Waals surface area (Å²) in [6, 6.07) is 6.03. The maximum absolute atomic E-state index is 12.3. The first-order valence-corrected chi connectivity index (χ1v) is 8.80. The number of amides is 3. The molecule has 0 spiro atoms. The minimum Gasteiger partial charge on any atom is -0.459 e. The van der Waals surface area contributed by atoms with Gasteiger partial charge in [0, 0.05) is 13.1 Å². The minimum atomic E-state index is -0.643. The maximum atomic E-state index is 12.3. The molecule has 25 heavy (non-hydrogen) atoms. The lowest BCUT2D eigenvalue weighted by atomic mass is 10.0. The average Bonchev–Trinajstić information content (AvgIpc) is 3.28. The molecule has 2 aromatic rings. The summed E-state index contributed by atoms with van der Waals surface area (Å²) in [5.41, 5.74) is 0. The van der Waals surface area contributed by atoms with Crippen molar-refractivity contribution in [2.75, 3.05) is 13.1 Å². The van der Waals surface area contributed by atoms with Gasteiger partial charge < -0.3 is 20.4 Å². The molecule has 3 N–H and O–H groups in total. The van der Waals surface area contributed by atoms with E-state index in [2.05, 4.69) is 16.0 Å². The van der Waals surface area contributed by atoms with Crippen LogP contribution in [-0.4, -0.2) is 36.9 Å². The first-order valence-electron chi connectivity index (χ1n) is 7.93. The summed E-state index contributed by atoms with van der Waals surface area (Å²) in [5.74, 6) is -0.746. The largest absolute Gasteiger partial charge is 0.459 e. The number of hydrogen-bond acceptors (Lipinski definition) is 5. The number of carbonyl (C=O) groups excluding carboxylic acids is 3. The van der Waals surface area contributed by atoms with Crippen LogP contribution in [0.5, 0.6) is 0 Å². The van der Waals surface area contributed by atoms with Gasteiger partial charge >= 0.3 is 0 Å². The van der Waals surface area contributed by atoms with Gasteiger partial charge in [-0.15, -0.1) is 11.3 Å². The Bertz CT molecular complexity index is 696. The van der Waals surface area contributed by atoms with Gasteiger partial charge in [-0.25, -0.2) is 0 Å². The van der Waals surface area contributed by atoms with Crippen molar-refractivity contribution in [3.8, 4) is 0 Å². The van der Waals surface area contributed by atoms with Crippen LogP contribution in [0.2, 0.25) is 0 Å². The van der Waals surface area contributed by atoms with Crippen molar-refractivity contribution in [2.24, 2.45) is 5.92 Å². The van der Waals surface area contributed by atoms with E-state index in [0.717, 1.165) is 0 Å². The van der Waals surface area contributed by atoms with Gasteiger partial charge in [0.2, 0.25) is 5.91 Å². The highest BCUT2D eigenvalue weighted by molar-refractivity contribution is 7.12. The molecule has 2 aromatic heterocycles. The molecule has 7 nitrogen and oxygen atoms in total. The van der Waals surface area contributed by atoms with E-state index >= 15 is 0 Å². The summed E-state index contributed by atoms with van der Waals surface area (Å²) in [4.78, 5) is 36.7. The van der Waals surface area contributed by atoms with Crippen molar-refractivity contribution in [3.05, 3.63) is 46.5 Å². The highest BCUT2D eigenvalue weighted by Crippen LogP contribution is 2.10. The molecule has 2 heterocycles. The quantitative estimate of drug-likeness (QED) is 0.621. The number of carbonyl (C=O) groups is 3. The van der Waals surface area contributed by atoms with Crippen molar-refractivity contribution in [1.29, 1.82) is 0 Å². The molecule has 0 radical (unpaired) electrons. The van der Waals surface area contributed by atoms with Crippen LogP contribution in [0, 0.1) is 5.92 Å². The topological polar surface area (TPSA) is 100 Å². The number of thiophene rings is 1. The van der Waals surface area contributed by atoms with Gasteiger partial charge in [-0.3, -0.25) is 14.4 Å². The Balaban J connectivity index is 1.78. The maximum Gasteiger partial charge on any atom is 0.287 e. The Morgan fingerprint density at radius 2 is 1.84 bits per heavy atom. The van der Waals surface area contributed by atoms with Gasteiger partial charge in [-0.05, 0) is 29.5 Å². The van der Waals surface area contributed by atoms with Crippen LogP contribution in [0.15, 0.2) is 40.3 Å². The van der Waals surface area contributed by atoms with E-state index in [1.54, 1.807) is 29.6 Å². The van der Waals surface area contributed by atoms with Crippen molar-refractivity contribution in [1.82, 2.24) is 16.0 Å². The van der Waals surface area contributed by atoms with Crippen LogP contribution in [0.3, 0.4) is 0 Å². The lowest BCUT2D eigenvalue weighted by molar-refractivity contribution is -0.123. The summed E-state index contributed by atoms with van der Waals surface area (Å²) in [6.45, 7) is 4.23. The molecule has 0 saturated carbocycles. The molecule has 3 amide bonds. The lowest BCUT2D eigenvalue weighted by Gasteiger charge is -2.21. The summed E-state index contributed by atoms with van der Waals surface area (Å²) < 4.78 is 4.98. The van der Waals surface area contributed by atoms with Crippen LogP contribution in [0.1, 0.15) is 34.1 Å². The van der Waals surface area contributed by atoms with Gasteiger partial charge in [0.1, 0.15) is 6.04 Å². The lowest BCUT2D eigenvalue weighted by Crippen LogP contribution is -2.50. The molecule has 2 rings (SSSR count). The number of nitrogens with one attached hydrogen (secondary N) is 3. The van der Waals surface area contributed by atoms with Gasteiger partial charge in [-0.2, -0.15) is 0 Å². The van der Waals surface area contributed by atoms with Crippen LogP contribution >= 0.6 is 11.3 Å². The first kappa shape index (κ1) is 18.7. The Kier molecular flexibility index (Phi) is 6.76. The molecule has 0 saturated heterocycles. The molecule has 0 aliphatic heterocycles. The standard InChI is InChI=1S/C17H21N3O4S/c1-11(2)14(20-16(22)13-6-4-10-25-13)17(23)19-8-7-18-15(21)12-5-3-9-24-12/h3-6,9-11,14H,7-8H2,1-2H3,(H,18,21)(H,19,23)(H,20,22). The fourth-order valence-corrected chi connectivity index (χ4v) is 2.75. The fraction of sp³-hybridized carbons (Fsp3) is 0.353. The van der Waals surface area contributed by atoms with E-state index in [9.17, 15) is 14.4 Å². The molecule has 1 atom stereocenters. The minimum absolute atomic E-state index is 0.0679. The molecular formula is C17H21N3O4S. The van der Waals surface area contributed by atoms with E-state index in [4.69, 9.17) is 4.42 Å². The third-order valence-electron chi connectivity index (χ3n) is 3.44. The SMILES string of the molecule is CC(C)C(NC(=O)c1cccs1)C(=O)NCCNC(=O)c1ccco1. The predicted octanol–water partition coefficient (Wildman–Crippen LogP) is 1.64. The zero-order valence-electron chi connectivity index (χ0n) is 14.1. The second-order valence-electron chi connectivity index (χ2n) is 5.70. The van der Waals surface area contributed by atoms with Crippen LogP contribution in [0.25, 0.3) is 0 Å². The molecule has 0 aromatic carbocycles. The normalized spacial score (nSPS) is 11.8. The number of rotatable bonds is 8. The molecule has 8 heteroatoms. The predicted molar refractivity (Wildman–Crippen MR) is 94.5 cm³/mol. The highest BCUT2D eigenvalue weighted by atomic mass is 32.1. The first-order chi connectivity index (χ1) is 12.0. The molecule has 0 aliphatic carbocycles. The highest BCUT2D eigenvalue weighted by Gasteiger charge is 2.24. The Morgan fingerprint density at radius 3 is 2.44 bits per heavy atom. The van der Waals surface area contributed by atoms with E-state index < -0.39 is 6.04 Å². The second kappa shape index (κ2) is 9.03. The van der Waals surface area contributed by atoms with E-state index in [1.165, 1.54) is 17.6 Å². The van der Waals surface area contributed by atoms with Crippen molar-refractivity contribution >= 4 is 29.1 Å². The Hall–Kier alpha value is -2.61. The monoisotopic (exact) mass is 363 g/mol. The summed E-state index contributed by atoms with van der Waals surface area (Å²) in [5, 5.41) is 9.91. The summed E-state index contributed by atoms with van der Waals surface area (Å²) >= 11 is 1.32. The van der Waals surface area contributed by atoms with Crippen molar-refractivity contribution in [2.45, 2.75) is 19.9 Å².